The Bertz CT molecular complexity index is 996. The average molecular weight is 443 g/mol. The third-order valence-electron chi connectivity index (χ3n) is 6.37. The van der Waals surface area contributed by atoms with Gasteiger partial charge in [0.1, 0.15) is 0 Å². The summed E-state index contributed by atoms with van der Waals surface area (Å²) in [5.74, 6) is 0.0846. The summed E-state index contributed by atoms with van der Waals surface area (Å²) in [7, 11) is -3.22. The van der Waals surface area contributed by atoms with Crippen molar-refractivity contribution in [2.75, 3.05) is 45.5 Å². The Kier molecular flexibility index (Phi) is 6.69. The van der Waals surface area contributed by atoms with Crippen molar-refractivity contribution in [2.24, 2.45) is 0 Å². The molecule has 2 fully saturated rings. The molecule has 0 unspecified atom stereocenters. The van der Waals surface area contributed by atoms with Crippen LogP contribution in [0.2, 0.25) is 0 Å². The second kappa shape index (κ2) is 9.46. The minimum absolute atomic E-state index is 0.0846. The van der Waals surface area contributed by atoms with Gasteiger partial charge >= 0.3 is 0 Å². The smallest absolute Gasteiger partial charge is 0.254 e. The lowest BCUT2D eigenvalue weighted by Crippen LogP contribution is -2.54. The predicted molar refractivity (Wildman–Crippen MR) is 120 cm³/mol. The van der Waals surface area contributed by atoms with E-state index in [0.29, 0.717) is 23.0 Å². The molecular formula is C23H30N4O3S. The number of piperazine rings is 1. The number of pyridine rings is 1. The standard InChI is InChI=1S/C23H30N4O3S/c1-31(29,30)22-5-3-2-4-20(22)18-25-12-8-21(9-13-25)26-14-16-27(17-15-26)23(28)19-6-10-24-11-7-19/h2-7,10-11,21H,8-9,12-18H2,1H3. The molecule has 3 heterocycles. The Hall–Kier alpha value is -2.29. The van der Waals surface area contributed by atoms with E-state index in [1.54, 1.807) is 36.7 Å². The zero-order valence-corrected chi connectivity index (χ0v) is 18.8. The zero-order valence-electron chi connectivity index (χ0n) is 18.0. The van der Waals surface area contributed by atoms with Gasteiger partial charge in [-0.3, -0.25) is 19.6 Å². The Morgan fingerprint density at radius 3 is 2.26 bits per heavy atom. The van der Waals surface area contributed by atoms with Crippen LogP contribution in [-0.2, 0) is 16.4 Å². The first-order valence-electron chi connectivity index (χ1n) is 10.9. The number of sulfone groups is 1. The van der Waals surface area contributed by atoms with E-state index in [4.69, 9.17) is 0 Å². The molecule has 0 spiro atoms. The highest BCUT2D eigenvalue weighted by Crippen LogP contribution is 2.23. The summed E-state index contributed by atoms with van der Waals surface area (Å²) in [5.41, 5.74) is 1.58. The van der Waals surface area contributed by atoms with Crippen molar-refractivity contribution in [1.29, 1.82) is 0 Å². The first-order valence-corrected chi connectivity index (χ1v) is 12.7. The lowest BCUT2D eigenvalue weighted by Gasteiger charge is -2.42. The quantitative estimate of drug-likeness (QED) is 0.704. The molecule has 0 atom stereocenters. The molecule has 0 saturated carbocycles. The highest BCUT2D eigenvalue weighted by atomic mass is 32.2. The van der Waals surface area contributed by atoms with Crippen LogP contribution in [0.1, 0.15) is 28.8 Å². The van der Waals surface area contributed by atoms with Crippen molar-refractivity contribution >= 4 is 15.7 Å². The summed E-state index contributed by atoms with van der Waals surface area (Å²) < 4.78 is 24.1. The maximum absolute atomic E-state index is 12.6. The first kappa shape index (κ1) is 21.9. The minimum atomic E-state index is -3.22. The summed E-state index contributed by atoms with van der Waals surface area (Å²) in [5, 5.41) is 0. The molecule has 0 aliphatic carbocycles. The van der Waals surface area contributed by atoms with Crippen molar-refractivity contribution < 1.29 is 13.2 Å². The van der Waals surface area contributed by atoms with Gasteiger partial charge < -0.3 is 4.90 Å². The van der Waals surface area contributed by atoms with Gasteiger partial charge in [-0.15, -0.1) is 0 Å². The molecule has 0 radical (unpaired) electrons. The van der Waals surface area contributed by atoms with Gasteiger partial charge in [0.15, 0.2) is 9.84 Å². The van der Waals surface area contributed by atoms with Gasteiger partial charge in [0.2, 0.25) is 0 Å². The van der Waals surface area contributed by atoms with Gasteiger partial charge in [0.05, 0.1) is 4.90 Å². The Morgan fingerprint density at radius 2 is 1.61 bits per heavy atom. The fraction of sp³-hybridized carbons (Fsp3) is 0.478. The van der Waals surface area contributed by atoms with Crippen LogP contribution < -0.4 is 0 Å². The maximum atomic E-state index is 12.6. The largest absolute Gasteiger partial charge is 0.336 e. The molecule has 7 nitrogen and oxygen atoms in total. The lowest BCUT2D eigenvalue weighted by atomic mass is 10.0. The molecule has 1 aromatic carbocycles. The lowest BCUT2D eigenvalue weighted by molar-refractivity contribution is 0.0444. The number of benzene rings is 1. The van der Waals surface area contributed by atoms with Crippen LogP contribution in [-0.4, -0.2) is 85.6 Å². The Balaban J connectivity index is 1.27. The minimum Gasteiger partial charge on any atom is -0.336 e. The molecule has 2 saturated heterocycles. The molecular weight excluding hydrogens is 412 g/mol. The van der Waals surface area contributed by atoms with E-state index >= 15 is 0 Å². The summed E-state index contributed by atoms with van der Waals surface area (Å²) in [4.78, 5) is 23.8. The highest BCUT2D eigenvalue weighted by molar-refractivity contribution is 7.90. The average Bonchev–Trinajstić information content (AvgIpc) is 2.79. The van der Waals surface area contributed by atoms with E-state index in [2.05, 4.69) is 14.8 Å². The van der Waals surface area contributed by atoms with Gasteiger partial charge in [-0.25, -0.2) is 8.42 Å². The molecule has 8 heteroatoms. The summed E-state index contributed by atoms with van der Waals surface area (Å²) in [6, 6.07) is 11.4. The molecule has 1 amide bonds. The van der Waals surface area contributed by atoms with E-state index in [1.807, 2.05) is 17.0 Å². The number of carbonyl (C=O) groups excluding carboxylic acids is 1. The van der Waals surface area contributed by atoms with Gasteiger partial charge in [0, 0.05) is 63.0 Å². The van der Waals surface area contributed by atoms with Crippen LogP contribution >= 0.6 is 0 Å². The number of likely N-dealkylation sites (tertiary alicyclic amines) is 1. The van der Waals surface area contributed by atoms with Crippen LogP contribution in [0.5, 0.6) is 0 Å². The van der Waals surface area contributed by atoms with Crippen molar-refractivity contribution in [3.8, 4) is 0 Å². The fourth-order valence-electron chi connectivity index (χ4n) is 4.65. The van der Waals surface area contributed by atoms with Crippen molar-refractivity contribution in [3.05, 3.63) is 59.9 Å². The molecule has 2 aliphatic rings. The Morgan fingerprint density at radius 1 is 0.968 bits per heavy atom. The van der Waals surface area contributed by atoms with E-state index in [-0.39, 0.29) is 5.91 Å². The Labute approximate surface area is 184 Å². The van der Waals surface area contributed by atoms with Gasteiger partial charge in [-0.1, -0.05) is 18.2 Å². The number of hydrogen-bond acceptors (Lipinski definition) is 6. The summed E-state index contributed by atoms with van der Waals surface area (Å²) in [6.45, 7) is 5.89. The van der Waals surface area contributed by atoms with Crippen molar-refractivity contribution in [3.63, 3.8) is 0 Å². The van der Waals surface area contributed by atoms with E-state index < -0.39 is 9.84 Å². The molecule has 2 aromatic rings. The second-order valence-electron chi connectivity index (χ2n) is 8.45. The number of carbonyl (C=O) groups is 1. The molecule has 1 aromatic heterocycles. The second-order valence-corrected chi connectivity index (χ2v) is 10.4. The number of hydrogen-bond donors (Lipinski definition) is 0. The normalized spacial score (nSPS) is 19.5. The topological polar surface area (TPSA) is 73.8 Å². The summed E-state index contributed by atoms with van der Waals surface area (Å²) in [6.07, 6.45) is 6.73. The fourth-order valence-corrected chi connectivity index (χ4v) is 5.58. The van der Waals surface area contributed by atoms with Crippen LogP contribution in [0.3, 0.4) is 0 Å². The third kappa shape index (κ3) is 5.31. The number of aromatic nitrogens is 1. The van der Waals surface area contributed by atoms with Crippen LogP contribution in [0.25, 0.3) is 0 Å². The SMILES string of the molecule is CS(=O)(=O)c1ccccc1CN1CCC(N2CCN(C(=O)c3ccncc3)CC2)CC1. The van der Waals surface area contributed by atoms with E-state index in [0.717, 1.165) is 57.7 Å². The van der Waals surface area contributed by atoms with Crippen LogP contribution in [0.15, 0.2) is 53.7 Å². The molecule has 4 rings (SSSR count). The van der Waals surface area contributed by atoms with Crippen molar-refractivity contribution in [2.45, 2.75) is 30.3 Å². The predicted octanol–water partition coefficient (Wildman–Crippen LogP) is 1.91. The van der Waals surface area contributed by atoms with E-state index in [1.165, 1.54) is 6.26 Å². The van der Waals surface area contributed by atoms with Crippen LogP contribution in [0.4, 0.5) is 0 Å². The molecule has 166 valence electrons. The number of nitrogens with zero attached hydrogens (tertiary/aromatic N) is 4. The zero-order chi connectivity index (χ0) is 21.8. The first-order chi connectivity index (χ1) is 14.9. The van der Waals surface area contributed by atoms with Crippen molar-refractivity contribution in [1.82, 2.24) is 19.7 Å². The van der Waals surface area contributed by atoms with Gasteiger partial charge in [0.25, 0.3) is 5.91 Å². The highest BCUT2D eigenvalue weighted by Gasteiger charge is 2.29. The van der Waals surface area contributed by atoms with Gasteiger partial charge in [-0.2, -0.15) is 0 Å². The molecule has 2 aliphatic heterocycles. The van der Waals surface area contributed by atoms with E-state index in [9.17, 15) is 13.2 Å². The van der Waals surface area contributed by atoms with Gasteiger partial charge in [-0.05, 0) is 49.7 Å². The third-order valence-corrected chi connectivity index (χ3v) is 7.57. The number of piperidine rings is 1. The monoisotopic (exact) mass is 442 g/mol. The molecule has 31 heavy (non-hydrogen) atoms. The number of rotatable bonds is 5. The molecule has 0 bridgehead atoms. The maximum Gasteiger partial charge on any atom is 0.254 e. The number of amides is 1. The summed E-state index contributed by atoms with van der Waals surface area (Å²) >= 11 is 0. The van der Waals surface area contributed by atoms with Crippen LogP contribution in [0, 0.1) is 0 Å². The molecule has 0 N–H and O–H groups in total.